The number of nitrogens with zero attached hydrogens (tertiary/aromatic N) is 2. The minimum absolute atomic E-state index is 0.0382. The highest BCUT2D eigenvalue weighted by atomic mass is 16.6. The van der Waals surface area contributed by atoms with E-state index in [-0.39, 0.29) is 17.4 Å². The smallest absolute Gasteiger partial charge is 0.408 e. The number of carbonyl (C=O) groups is 2. The summed E-state index contributed by atoms with van der Waals surface area (Å²) < 4.78 is 6.99. The fourth-order valence-corrected chi connectivity index (χ4v) is 4.32. The van der Waals surface area contributed by atoms with E-state index >= 15 is 0 Å². The highest BCUT2D eigenvalue weighted by Crippen LogP contribution is 2.31. The van der Waals surface area contributed by atoms with Crippen molar-refractivity contribution in [1.82, 2.24) is 14.9 Å². The fourth-order valence-electron chi connectivity index (χ4n) is 4.32. The summed E-state index contributed by atoms with van der Waals surface area (Å²) in [4.78, 5) is 41.9. The van der Waals surface area contributed by atoms with Crippen molar-refractivity contribution in [3.05, 3.63) is 46.5 Å². The summed E-state index contributed by atoms with van der Waals surface area (Å²) in [5.41, 5.74) is 1.85. The zero-order valence-corrected chi connectivity index (χ0v) is 21.0. The Labute approximate surface area is 201 Å². The van der Waals surface area contributed by atoms with Gasteiger partial charge in [0.05, 0.1) is 0 Å². The minimum atomic E-state index is -0.699. The van der Waals surface area contributed by atoms with Crippen LogP contribution in [0.4, 0.5) is 10.6 Å². The molecule has 0 saturated heterocycles. The third kappa shape index (κ3) is 6.46. The molecule has 0 spiro atoms. The van der Waals surface area contributed by atoms with Crippen LogP contribution in [0, 0.1) is 18.8 Å². The zero-order chi connectivity index (χ0) is 25.0. The third-order valence-electron chi connectivity index (χ3n) is 6.43. The van der Waals surface area contributed by atoms with Crippen molar-refractivity contribution in [3.8, 4) is 11.1 Å². The van der Waals surface area contributed by atoms with Crippen LogP contribution in [0.3, 0.4) is 0 Å². The highest BCUT2D eigenvalue weighted by molar-refractivity contribution is 5.96. The van der Waals surface area contributed by atoms with Gasteiger partial charge in [-0.15, -0.1) is 0 Å². The number of ether oxygens (including phenoxy) is 1. The Morgan fingerprint density at radius 1 is 1.12 bits per heavy atom. The van der Waals surface area contributed by atoms with Crippen LogP contribution in [0.1, 0.15) is 59.1 Å². The van der Waals surface area contributed by atoms with E-state index in [1.165, 1.54) is 6.07 Å². The number of pyridine rings is 2. The van der Waals surface area contributed by atoms with Crippen molar-refractivity contribution >= 4 is 17.8 Å². The van der Waals surface area contributed by atoms with Crippen molar-refractivity contribution in [3.63, 3.8) is 0 Å². The second-order valence-electron chi connectivity index (χ2n) is 10.3. The van der Waals surface area contributed by atoms with Crippen molar-refractivity contribution < 1.29 is 14.3 Å². The molecule has 2 aromatic rings. The maximum Gasteiger partial charge on any atom is 0.408 e. The minimum Gasteiger partial charge on any atom is -0.444 e. The van der Waals surface area contributed by atoms with Crippen molar-refractivity contribution in [2.75, 3.05) is 5.32 Å². The lowest BCUT2D eigenvalue weighted by molar-refractivity contribution is -0.119. The molecular weight excluding hydrogens is 432 g/mol. The average Bonchev–Trinajstić information content (AvgIpc) is 2.76. The number of anilines is 1. The molecule has 0 unspecified atom stereocenters. The summed E-state index contributed by atoms with van der Waals surface area (Å²) in [6.45, 7) is 9.47. The molecule has 2 N–H and O–H groups in total. The van der Waals surface area contributed by atoms with Crippen molar-refractivity contribution in [2.45, 2.75) is 71.9 Å². The van der Waals surface area contributed by atoms with Gasteiger partial charge in [-0.3, -0.25) is 9.59 Å². The normalized spacial score (nSPS) is 19.2. The average molecular weight is 469 g/mol. The number of carbonyl (C=O) groups excluding carboxylic acids is 2. The van der Waals surface area contributed by atoms with Gasteiger partial charge in [0.25, 0.3) is 0 Å². The number of nitrogens with one attached hydrogen (secondary N) is 2. The summed E-state index contributed by atoms with van der Waals surface area (Å²) in [5.74, 6) is 0.758. The van der Waals surface area contributed by atoms with Crippen LogP contribution in [0.15, 0.2) is 35.3 Å². The first-order valence-corrected chi connectivity index (χ1v) is 11.9. The van der Waals surface area contributed by atoms with Gasteiger partial charge in [-0.1, -0.05) is 19.8 Å². The second kappa shape index (κ2) is 10.4. The molecular formula is C26H36N4O4. The highest BCUT2D eigenvalue weighted by Gasteiger charge is 2.34. The first-order chi connectivity index (χ1) is 15.9. The fraction of sp³-hybridized carbons (Fsp3) is 0.538. The number of aromatic nitrogens is 2. The number of hydrogen-bond donors (Lipinski definition) is 2. The quantitative estimate of drug-likeness (QED) is 0.677. The Morgan fingerprint density at radius 3 is 2.38 bits per heavy atom. The van der Waals surface area contributed by atoms with E-state index in [4.69, 9.17) is 4.74 Å². The zero-order valence-electron chi connectivity index (χ0n) is 21.0. The van der Waals surface area contributed by atoms with E-state index in [1.807, 2.05) is 13.0 Å². The maximum atomic E-state index is 13.2. The van der Waals surface area contributed by atoms with Crippen LogP contribution in [-0.2, 0) is 16.6 Å². The van der Waals surface area contributed by atoms with Gasteiger partial charge in [0, 0.05) is 36.1 Å². The van der Waals surface area contributed by atoms with Gasteiger partial charge in [0.2, 0.25) is 11.5 Å². The number of alkyl carbamates (subject to hydrolysis) is 1. The second-order valence-corrected chi connectivity index (χ2v) is 10.3. The molecule has 34 heavy (non-hydrogen) atoms. The summed E-state index contributed by atoms with van der Waals surface area (Å²) >= 11 is 0. The molecule has 2 aromatic heterocycles. The van der Waals surface area contributed by atoms with Gasteiger partial charge in [-0.05, 0) is 70.6 Å². The molecule has 184 valence electrons. The Kier molecular flexibility index (Phi) is 7.79. The molecule has 8 heteroatoms. The van der Waals surface area contributed by atoms with E-state index in [2.05, 4.69) is 22.5 Å². The topological polar surface area (TPSA) is 102 Å². The summed E-state index contributed by atoms with van der Waals surface area (Å²) in [7, 11) is 1.73. The monoisotopic (exact) mass is 468 g/mol. The Hall–Kier alpha value is -3.16. The molecule has 0 aromatic carbocycles. The summed E-state index contributed by atoms with van der Waals surface area (Å²) in [5, 5.41) is 5.66. The van der Waals surface area contributed by atoms with Crippen molar-refractivity contribution in [1.29, 1.82) is 0 Å². The van der Waals surface area contributed by atoms with E-state index in [1.54, 1.807) is 50.7 Å². The van der Waals surface area contributed by atoms with Gasteiger partial charge in [0.15, 0.2) is 0 Å². The van der Waals surface area contributed by atoms with Gasteiger partial charge in [-0.25, -0.2) is 9.78 Å². The van der Waals surface area contributed by atoms with Crippen LogP contribution < -0.4 is 16.2 Å². The standard InChI is InChI=1S/C26H36N4O4/c1-16-7-9-18(10-8-16)23(29-25(33)34-26(3,4)5)24(32)28-21-13-11-19(15-27-21)20-12-14-22(31)30(6)17(20)2/h11-16,18,23H,7-10H2,1-6H3,(H,29,33)(H,27,28,32)/t16?,18?,23-/m0/s1. The maximum absolute atomic E-state index is 13.2. The molecule has 1 atom stereocenters. The molecule has 8 nitrogen and oxygen atoms in total. The molecule has 0 bridgehead atoms. The van der Waals surface area contributed by atoms with Crippen LogP contribution in [0.2, 0.25) is 0 Å². The van der Waals surface area contributed by atoms with Crippen LogP contribution in [0.25, 0.3) is 11.1 Å². The lowest BCUT2D eigenvalue weighted by Crippen LogP contribution is -2.50. The largest absolute Gasteiger partial charge is 0.444 e. The molecule has 1 fully saturated rings. The first kappa shape index (κ1) is 25.5. The van der Waals surface area contributed by atoms with E-state index in [0.717, 1.165) is 42.5 Å². The molecule has 2 amide bonds. The number of hydrogen-bond acceptors (Lipinski definition) is 5. The summed E-state index contributed by atoms with van der Waals surface area (Å²) in [6.07, 6.45) is 4.86. The van der Waals surface area contributed by atoms with Crippen molar-refractivity contribution in [2.24, 2.45) is 18.9 Å². The van der Waals surface area contributed by atoms with E-state index in [9.17, 15) is 14.4 Å². The lowest BCUT2D eigenvalue weighted by atomic mass is 9.79. The van der Waals surface area contributed by atoms with Crippen LogP contribution in [-0.4, -0.2) is 33.2 Å². The van der Waals surface area contributed by atoms with E-state index in [0.29, 0.717) is 11.7 Å². The summed E-state index contributed by atoms with van der Waals surface area (Å²) in [6, 6.07) is 6.18. The Bertz CT molecular complexity index is 1080. The van der Waals surface area contributed by atoms with Gasteiger partial charge < -0.3 is 19.9 Å². The first-order valence-electron chi connectivity index (χ1n) is 11.9. The molecule has 1 aliphatic rings. The lowest BCUT2D eigenvalue weighted by Gasteiger charge is -2.32. The molecule has 3 rings (SSSR count). The Balaban J connectivity index is 1.75. The molecule has 0 radical (unpaired) electrons. The SMILES string of the molecule is Cc1c(-c2ccc(NC(=O)[C@@H](NC(=O)OC(C)(C)C)C3CCC(C)CC3)nc2)ccc(=O)n1C. The van der Waals surface area contributed by atoms with Gasteiger partial charge >= 0.3 is 6.09 Å². The van der Waals surface area contributed by atoms with E-state index < -0.39 is 17.7 Å². The van der Waals surface area contributed by atoms with Crippen LogP contribution in [0.5, 0.6) is 0 Å². The molecule has 2 heterocycles. The number of amides is 2. The Morgan fingerprint density at radius 2 is 1.79 bits per heavy atom. The molecule has 1 aliphatic carbocycles. The molecule has 1 saturated carbocycles. The van der Waals surface area contributed by atoms with Gasteiger partial charge in [-0.2, -0.15) is 0 Å². The third-order valence-corrected chi connectivity index (χ3v) is 6.43. The predicted molar refractivity (Wildman–Crippen MR) is 133 cm³/mol. The van der Waals surface area contributed by atoms with Gasteiger partial charge in [0.1, 0.15) is 17.5 Å². The number of rotatable bonds is 5. The van der Waals surface area contributed by atoms with Crippen LogP contribution >= 0.6 is 0 Å². The predicted octanol–water partition coefficient (Wildman–Crippen LogP) is 4.41. The molecule has 0 aliphatic heterocycles.